The van der Waals surface area contributed by atoms with E-state index < -0.39 is 0 Å². The zero-order chi connectivity index (χ0) is 14.8. The maximum Gasteiger partial charge on any atom is 0.263 e. The number of thiophene rings is 1. The van der Waals surface area contributed by atoms with Crippen LogP contribution in [0.4, 0.5) is 5.69 Å². The highest BCUT2D eigenvalue weighted by Gasteiger charge is 2.20. The van der Waals surface area contributed by atoms with E-state index in [1.807, 2.05) is 13.0 Å². The molecular formula is C15H19N3O2S. The van der Waals surface area contributed by atoms with Gasteiger partial charge in [-0.2, -0.15) is 0 Å². The van der Waals surface area contributed by atoms with Gasteiger partial charge < -0.3 is 15.8 Å². The fourth-order valence-electron chi connectivity index (χ4n) is 2.63. The Balaban J connectivity index is 1.75. The molecular weight excluding hydrogens is 286 g/mol. The van der Waals surface area contributed by atoms with Gasteiger partial charge in [0.1, 0.15) is 9.71 Å². The van der Waals surface area contributed by atoms with E-state index in [-0.39, 0.29) is 12.0 Å². The highest BCUT2D eigenvalue weighted by atomic mass is 32.1. The number of nitrogens with two attached hydrogens (primary N) is 1. The number of nitrogen functional groups attached to an aromatic ring is 1. The lowest BCUT2D eigenvalue weighted by molar-refractivity contribution is 0.0169. The number of pyridine rings is 1. The van der Waals surface area contributed by atoms with Gasteiger partial charge in [0.15, 0.2) is 0 Å². The Morgan fingerprint density at radius 3 is 3.14 bits per heavy atom. The van der Waals surface area contributed by atoms with E-state index in [0.717, 1.165) is 41.6 Å². The lowest BCUT2D eigenvalue weighted by atomic mass is 10.1. The highest BCUT2D eigenvalue weighted by molar-refractivity contribution is 7.21. The zero-order valence-electron chi connectivity index (χ0n) is 12.0. The first kappa shape index (κ1) is 14.3. The molecule has 1 aliphatic heterocycles. The van der Waals surface area contributed by atoms with Crippen LogP contribution in [0, 0.1) is 6.92 Å². The standard InChI is InChI=1S/C15H19N3O2S/c1-9-5-6-17-15-11(9)12(16)13(21-15)14(19)18-8-10-4-2-3-7-20-10/h5-6,10H,2-4,7-8,16H2,1H3,(H,18,19). The number of nitrogens with zero attached hydrogens (tertiary/aromatic N) is 1. The van der Waals surface area contributed by atoms with Crippen molar-refractivity contribution < 1.29 is 9.53 Å². The van der Waals surface area contributed by atoms with Gasteiger partial charge in [-0.15, -0.1) is 11.3 Å². The Kier molecular flexibility index (Phi) is 4.07. The molecule has 2 aromatic heterocycles. The average molecular weight is 305 g/mol. The van der Waals surface area contributed by atoms with Crippen molar-refractivity contribution in [3.63, 3.8) is 0 Å². The number of hydrogen-bond donors (Lipinski definition) is 2. The lowest BCUT2D eigenvalue weighted by Crippen LogP contribution is -2.35. The summed E-state index contributed by atoms with van der Waals surface area (Å²) in [4.78, 5) is 18.0. The quantitative estimate of drug-likeness (QED) is 0.913. The average Bonchev–Trinajstić information content (AvgIpc) is 2.84. The smallest absolute Gasteiger partial charge is 0.263 e. The van der Waals surface area contributed by atoms with Crippen LogP contribution in [0.1, 0.15) is 34.5 Å². The summed E-state index contributed by atoms with van der Waals surface area (Å²) < 4.78 is 5.62. The van der Waals surface area contributed by atoms with Gasteiger partial charge in [0, 0.05) is 24.7 Å². The number of fused-ring (bicyclic) bond motifs is 1. The molecule has 1 amide bonds. The first-order chi connectivity index (χ1) is 10.2. The Morgan fingerprint density at radius 2 is 2.43 bits per heavy atom. The molecule has 1 atom stereocenters. The fraction of sp³-hybridized carbons (Fsp3) is 0.467. The van der Waals surface area contributed by atoms with Gasteiger partial charge in [0.05, 0.1) is 11.8 Å². The predicted octanol–water partition coefficient (Wildman–Crippen LogP) is 2.49. The number of aryl methyl sites for hydroxylation is 1. The molecule has 0 aromatic carbocycles. The molecule has 1 unspecified atom stereocenters. The Bertz CT molecular complexity index is 662. The normalized spacial score (nSPS) is 18.8. The van der Waals surface area contributed by atoms with Gasteiger partial charge in [-0.3, -0.25) is 4.79 Å². The van der Waals surface area contributed by atoms with Crippen LogP contribution in [-0.4, -0.2) is 30.1 Å². The first-order valence-electron chi connectivity index (χ1n) is 7.20. The third kappa shape index (κ3) is 2.87. The van der Waals surface area contributed by atoms with Crippen molar-refractivity contribution in [2.75, 3.05) is 18.9 Å². The summed E-state index contributed by atoms with van der Waals surface area (Å²) >= 11 is 1.34. The van der Waals surface area contributed by atoms with Crippen LogP contribution in [0.3, 0.4) is 0 Å². The summed E-state index contributed by atoms with van der Waals surface area (Å²) in [7, 11) is 0. The van der Waals surface area contributed by atoms with Gasteiger partial charge >= 0.3 is 0 Å². The van der Waals surface area contributed by atoms with Gasteiger partial charge in [-0.25, -0.2) is 4.98 Å². The topological polar surface area (TPSA) is 77.2 Å². The number of hydrogen-bond acceptors (Lipinski definition) is 5. The van der Waals surface area contributed by atoms with E-state index >= 15 is 0 Å². The van der Waals surface area contributed by atoms with E-state index in [0.29, 0.717) is 17.1 Å². The molecule has 1 aliphatic rings. The second-order valence-electron chi connectivity index (χ2n) is 5.35. The zero-order valence-corrected chi connectivity index (χ0v) is 12.8. The van der Waals surface area contributed by atoms with Gasteiger partial charge in [0.2, 0.25) is 0 Å². The number of carbonyl (C=O) groups excluding carboxylic acids is 1. The minimum Gasteiger partial charge on any atom is -0.397 e. The van der Waals surface area contributed by atoms with Crippen molar-refractivity contribution >= 4 is 33.1 Å². The van der Waals surface area contributed by atoms with Crippen molar-refractivity contribution in [2.24, 2.45) is 0 Å². The van der Waals surface area contributed by atoms with Crippen LogP contribution >= 0.6 is 11.3 Å². The monoisotopic (exact) mass is 305 g/mol. The molecule has 2 aromatic rings. The minimum absolute atomic E-state index is 0.123. The summed E-state index contributed by atoms with van der Waals surface area (Å²) in [5, 5.41) is 3.82. The van der Waals surface area contributed by atoms with E-state index in [9.17, 15) is 4.79 Å². The van der Waals surface area contributed by atoms with Crippen molar-refractivity contribution in [3.05, 3.63) is 22.7 Å². The van der Waals surface area contributed by atoms with Gasteiger partial charge in [-0.1, -0.05) is 0 Å². The molecule has 112 valence electrons. The number of carbonyl (C=O) groups is 1. The van der Waals surface area contributed by atoms with E-state index in [2.05, 4.69) is 10.3 Å². The predicted molar refractivity (Wildman–Crippen MR) is 84.7 cm³/mol. The molecule has 0 spiro atoms. The number of nitrogens with one attached hydrogen (secondary N) is 1. The van der Waals surface area contributed by atoms with Crippen molar-refractivity contribution in [2.45, 2.75) is 32.3 Å². The van der Waals surface area contributed by atoms with Crippen LogP contribution in [0.5, 0.6) is 0 Å². The molecule has 1 fully saturated rings. The molecule has 0 bridgehead atoms. The Hall–Kier alpha value is -1.66. The van der Waals surface area contributed by atoms with Gasteiger partial charge in [-0.05, 0) is 37.8 Å². The molecule has 5 nitrogen and oxygen atoms in total. The maximum absolute atomic E-state index is 12.3. The Labute approximate surface area is 127 Å². The molecule has 3 N–H and O–H groups in total. The number of aromatic nitrogens is 1. The minimum atomic E-state index is -0.135. The summed E-state index contributed by atoms with van der Waals surface area (Å²) in [5.41, 5.74) is 7.70. The highest BCUT2D eigenvalue weighted by Crippen LogP contribution is 2.34. The van der Waals surface area contributed by atoms with Gasteiger partial charge in [0.25, 0.3) is 5.91 Å². The fourth-order valence-corrected chi connectivity index (χ4v) is 3.68. The van der Waals surface area contributed by atoms with Crippen molar-refractivity contribution in [3.8, 4) is 0 Å². The lowest BCUT2D eigenvalue weighted by Gasteiger charge is -2.22. The number of anilines is 1. The second-order valence-corrected chi connectivity index (χ2v) is 6.35. The van der Waals surface area contributed by atoms with Crippen LogP contribution in [0.15, 0.2) is 12.3 Å². The molecule has 0 aliphatic carbocycles. The van der Waals surface area contributed by atoms with E-state index in [1.165, 1.54) is 11.3 Å². The van der Waals surface area contributed by atoms with Crippen molar-refractivity contribution in [1.82, 2.24) is 10.3 Å². The third-order valence-corrected chi connectivity index (χ3v) is 4.92. The second kappa shape index (κ2) is 5.99. The molecule has 0 saturated carbocycles. The van der Waals surface area contributed by atoms with Crippen LogP contribution in [0.2, 0.25) is 0 Å². The number of rotatable bonds is 3. The van der Waals surface area contributed by atoms with E-state index in [1.54, 1.807) is 6.20 Å². The summed E-state index contributed by atoms with van der Waals surface area (Å²) in [6.07, 6.45) is 5.14. The molecule has 3 rings (SSSR count). The molecule has 21 heavy (non-hydrogen) atoms. The summed E-state index contributed by atoms with van der Waals surface area (Å²) in [6, 6.07) is 1.91. The summed E-state index contributed by atoms with van der Waals surface area (Å²) in [5.74, 6) is -0.135. The van der Waals surface area contributed by atoms with E-state index in [4.69, 9.17) is 10.5 Å². The van der Waals surface area contributed by atoms with Crippen LogP contribution in [0.25, 0.3) is 10.2 Å². The number of ether oxygens (including phenoxy) is 1. The molecule has 1 saturated heterocycles. The maximum atomic E-state index is 12.3. The molecule has 0 radical (unpaired) electrons. The SMILES string of the molecule is Cc1ccnc2sc(C(=O)NCC3CCCCO3)c(N)c12. The largest absolute Gasteiger partial charge is 0.397 e. The van der Waals surface area contributed by atoms with Crippen LogP contribution in [-0.2, 0) is 4.74 Å². The molecule has 6 heteroatoms. The first-order valence-corrected chi connectivity index (χ1v) is 8.02. The van der Waals surface area contributed by atoms with Crippen LogP contribution < -0.4 is 11.1 Å². The third-order valence-electron chi connectivity index (χ3n) is 3.81. The summed E-state index contributed by atoms with van der Waals surface area (Å²) in [6.45, 7) is 3.30. The Morgan fingerprint density at radius 1 is 1.57 bits per heavy atom. The number of amides is 1. The van der Waals surface area contributed by atoms with Crippen molar-refractivity contribution in [1.29, 1.82) is 0 Å². The molecule has 3 heterocycles.